The van der Waals surface area contributed by atoms with Crippen molar-refractivity contribution in [3.63, 3.8) is 0 Å². The van der Waals surface area contributed by atoms with Gasteiger partial charge in [0, 0.05) is 11.8 Å². The standard InChI is InChI=1S/C18H28F9NO2Si/c1-4-31(5-2,6-3)30-16(17(22,23)24,18(25,26)27)13-9-7-12(8-10-13)14(29)28-11-15(19,20)21/h12-13H,4-11H2,1-3H3,(H,28,29). The van der Waals surface area contributed by atoms with Crippen molar-refractivity contribution in [3.8, 4) is 0 Å². The molecule has 0 spiro atoms. The van der Waals surface area contributed by atoms with Gasteiger partial charge < -0.3 is 9.74 Å². The molecule has 1 amide bonds. The van der Waals surface area contributed by atoms with Crippen LogP contribution < -0.4 is 5.32 Å². The average molecular weight is 489 g/mol. The summed E-state index contributed by atoms with van der Waals surface area (Å²) in [6.45, 7) is 2.93. The first-order valence-corrected chi connectivity index (χ1v) is 12.7. The number of amides is 1. The number of carbonyl (C=O) groups excluding carboxylic acids is 1. The number of rotatable bonds is 8. The molecule has 1 saturated carbocycles. The van der Waals surface area contributed by atoms with Gasteiger partial charge in [-0.15, -0.1) is 0 Å². The van der Waals surface area contributed by atoms with Crippen LogP contribution in [0.15, 0.2) is 0 Å². The van der Waals surface area contributed by atoms with Crippen LogP contribution in [-0.2, 0) is 9.22 Å². The molecule has 0 radical (unpaired) electrons. The van der Waals surface area contributed by atoms with Gasteiger partial charge in [-0.05, 0) is 43.8 Å². The van der Waals surface area contributed by atoms with Gasteiger partial charge in [0.15, 0.2) is 8.32 Å². The molecule has 0 aromatic heterocycles. The topological polar surface area (TPSA) is 38.3 Å². The normalized spacial score (nSPS) is 21.8. The van der Waals surface area contributed by atoms with Crippen molar-refractivity contribution in [1.82, 2.24) is 5.32 Å². The third-order valence-electron chi connectivity index (χ3n) is 6.29. The maximum absolute atomic E-state index is 14.1. The van der Waals surface area contributed by atoms with E-state index in [1.807, 2.05) is 0 Å². The summed E-state index contributed by atoms with van der Waals surface area (Å²) in [4.78, 5) is 11.9. The Bertz CT molecular complexity index is 570. The second-order valence-electron chi connectivity index (χ2n) is 7.96. The zero-order valence-corrected chi connectivity index (χ0v) is 18.5. The minimum Gasteiger partial charge on any atom is -0.396 e. The van der Waals surface area contributed by atoms with E-state index in [2.05, 4.69) is 0 Å². The van der Waals surface area contributed by atoms with Crippen molar-refractivity contribution >= 4 is 14.2 Å². The van der Waals surface area contributed by atoms with Gasteiger partial charge >= 0.3 is 18.5 Å². The first-order chi connectivity index (χ1) is 14.0. The Morgan fingerprint density at radius 2 is 1.26 bits per heavy atom. The molecule has 0 aromatic rings. The zero-order chi connectivity index (χ0) is 24.3. The summed E-state index contributed by atoms with van der Waals surface area (Å²) in [5.41, 5.74) is -4.36. The lowest BCUT2D eigenvalue weighted by molar-refractivity contribution is -0.380. The first kappa shape index (κ1) is 28.1. The number of nitrogens with one attached hydrogen (secondary N) is 1. The lowest BCUT2D eigenvalue weighted by Gasteiger charge is -2.49. The van der Waals surface area contributed by atoms with Crippen molar-refractivity contribution in [2.75, 3.05) is 6.54 Å². The molecule has 1 fully saturated rings. The van der Waals surface area contributed by atoms with Crippen LogP contribution in [0.5, 0.6) is 0 Å². The molecule has 0 aromatic carbocycles. The number of hydrogen-bond acceptors (Lipinski definition) is 2. The predicted octanol–water partition coefficient (Wildman–Crippen LogP) is 6.36. The molecular weight excluding hydrogens is 461 g/mol. The van der Waals surface area contributed by atoms with Crippen LogP contribution in [0.25, 0.3) is 0 Å². The summed E-state index contributed by atoms with van der Waals surface area (Å²) < 4.78 is 126. The van der Waals surface area contributed by atoms with E-state index in [9.17, 15) is 44.3 Å². The summed E-state index contributed by atoms with van der Waals surface area (Å²) in [6.07, 6.45) is -18.2. The van der Waals surface area contributed by atoms with E-state index in [-0.39, 0.29) is 31.0 Å². The molecule has 3 nitrogen and oxygen atoms in total. The first-order valence-electron chi connectivity index (χ1n) is 10.2. The molecule has 1 aliphatic carbocycles. The smallest absolute Gasteiger partial charge is 0.396 e. The van der Waals surface area contributed by atoms with Crippen molar-refractivity contribution in [2.24, 2.45) is 11.8 Å². The molecule has 13 heteroatoms. The summed E-state index contributed by atoms with van der Waals surface area (Å²) in [6, 6.07) is 0.218. The summed E-state index contributed by atoms with van der Waals surface area (Å²) in [5, 5.41) is 1.64. The van der Waals surface area contributed by atoms with Gasteiger partial charge in [-0.2, -0.15) is 39.5 Å². The molecular formula is C18H28F9NO2Si. The molecule has 0 bridgehead atoms. The predicted molar refractivity (Wildman–Crippen MR) is 97.6 cm³/mol. The van der Waals surface area contributed by atoms with Gasteiger partial charge in [-0.25, -0.2) is 0 Å². The summed E-state index contributed by atoms with van der Waals surface area (Å²) >= 11 is 0. The molecule has 1 aliphatic rings. The molecule has 0 unspecified atom stereocenters. The third kappa shape index (κ3) is 6.29. The van der Waals surface area contributed by atoms with E-state index in [4.69, 9.17) is 4.43 Å². The minimum atomic E-state index is -5.74. The fourth-order valence-electron chi connectivity index (χ4n) is 4.22. The zero-order valence-electron chi connectivity index (χ0n) is 17.5. The van der Waals surface area contributed by atoms with Crippen LogP contribution in [-0.4, -0.2) is 44.9 Å². The Morgan fingerprint density at radius 3 is 1.58 bits per heavy atom. The summed E-state index contributed by atoms with van der Waals surface area (Å²) in [5.74, 6) is -4.08. The molecule has 0 atom stereocenters. The number of alkyl halides is 9. The highest BCUT2D eigenvalue weighted by Gasteiger charge is 2.76. The summed E-state index contributed by atoms with van der Waals surface area (Å²) in [7, 11) is -3.37. The second kappa shape index (κ2) is 9.88. The molecule has 0 aliphatic heterocycles. The average Bonchev–Trinajstić information content (AvgIpc) is 2.65. The van der Waals surface area contributed by atoms with E-state index >= 15 is 0 Å². The van der Waals surface area contributed by atoms with Crippen LogP contribution in [0, 0.1) is 11.8 Å². The molecule has 1 rings (SSSR count). The Morgan fingerprint density at radius 1 is 0.839 bits per heavy atom. The maximum Gasteiger partial charge on any atom is 0.425 e. The van der Waals surface area contributed by atoms with Gasteiger partial charge in [0.1, 0.15) is 6.54 Å². The Balaban J connectivity index is 3.19. The quantitative estimate of drug-likeness (QED) is 0.319. The number of carbonyl (C=O) groups is 1. The third-order valence-corrected chi connectivity index (χ3v) is 10.9. The molecule has 31 heavy (non-hydrogen) atoms. The van der Waals surface area contributed by atoms with Crippen molar-refractivity contribution < 1.29 is 48.7 Å². The van der Waals surface area contributed by atoms with E-state index < -0.39 is 69.6 Å². The van der Waals surface area contributed by atoms with E-state index in [0.29, 0.717) is 0 Å². The highest BCUT2D eigenvalue weighted by atomic mass is 28.4. The Kier molecular flexibility index (Phi) is 8.94. The van der Waals surface area contributed by atoms with E-state index in [0.717, 1.165) is 0 Å². The van der Waals surface area contributed by atoms with E-state index in [1.165, 1.54) is 20.8 Å². The maximum atomic E-state index is 14.1. The highest BCUT2D eigenvalue weighted by Crippen LogP contribution is 2.56. The lowest BCUT2D eigenvalue weighted by Crippen LogP contribution is -2.68. The van der Waals surface area contributed by atoms with Crippen LogP contribution in [0.3, 0.4) is 0 Å². The fourth-order valence-corrected chi connectivity index (χ4v) is 7.24. The van der Waals surface area contributed by atoms with Crippen molar-refractivity contribution in [2.45, 2.75) is 88.7 Å². The fraction of sp³-hybridized carbons (Fsp3) is 0.944. The molecule has 184 valence electrons. The minimum absolute atomic E-state index is 0.0725. The number of halogens is 9. The van der Waals surface area contributed by atoms with Crippen LogP contribution in [0.2, 0.25) is 18.1 Å². The van der Waals surface area contributed by atoms with Gasteiger partial charge in [0.05, 0.1) is 0 Å². The largest absolute Gasteiger partial charge is 0.425 e. The molecule has 0 saturated heterocycles. The van der Waals surface area contributed by atoms with Crippen molar-refractivity contribution in [3.05, 3.63) is 0 Å². The molecule has 1 N–H and O–H groups in total. The van der Waals surface area contributed by atoms with E-state index in [1.54, 1.807) is 5.32 Å². The second-order valence-corrected chi connectivity index (χ2v) is 12.6. The SMILES string of the molecule is CC[Si](CC)(CC)OC(C1CCC(C(=O)NCC(F)(F)F)CC1)(C(F)(F)F)C(F)(F)F. The highest BCUT2D eigenvalue weighted by molar-refractivity contribution is 6.73. The number of hydrogen-bond donors (Lipinski definition) is 1. The Labute approximate surface area is 176 Å². The van der Waals surface area contributed by atoms with Gasteiger partial charge in [0.2, 0.25) is 5.91 Å². The van der Waals surface area contributed by atoms with Gasteiger partial charge in [-0.1, -0.05) is 20.8 Å². The van der Waals surface area contributed by atoms with Crippen LogP contribution >= 0.6 is 0 Å². The van der Waals surface area contributed by atoms with Gasteiger partial charge in [-0.3, -0.25) is 4.79 Å². The van der Waals surface area contributed by atoms with Crippen molar-refractivity contribution in [1.29, 1.82) is 0 Å². The Hall–Kier alpha value is -0.983. The molecule has 0 heterocycles. The monoisotopic (exact) mass is 489 g/mol. The van der Waals surface area contributed by atoms with Crippen LogP contribution in [0.1, 0.15) is 46.5 Å². The lowest BCUT2D eigenvalue weighted by atomic mass is 9.72. The van der Waals surface area contributed by atoms with Crippen LogP contribution in [0.4, 0.5) is 39.5 Å². The van der Waals surface area contributed by atoms with Gasteiger partial charge in [0.25, 0.3) is 5.60 Å².